The molecule has 0 radical (unpaired) electrons. The predicted molar refractivity (Wildman–Crippen MR) is 89.0 cm³/mol. The maximum absolute atomic E-state index is 12.6. The van der Waals surface area contributed by atoms with Gasteiger partial charge in [-0.25, -0.2) is 0 Å². The summed E-state index contributed by atoms with van der Waals surface area (Å²) in [6.07, 6.45) is 0.550. The molecule has 4 rings (SSSR count). The van der Waals surface area contributed by atoms with Gasteiger partial charge in [0, 0.05) is 22.0 Å². The van der Waals surface area contributed by atoms with E-state index in [4.69, 9.17) is 4.42 Å². The molecule has 1 heterocycles. The molecular weight excluding hydrogens is 356 g/mol. The van der Waals surface area contributed by atoms with Crippen molar-refractivity contribution in [2.45, 2.75) is 6.42 Å². The summed E-state index contributed by atoms with van der Waals surface area (Å²) in [6, 6.07) is 16.6. The first-order valence-electron chi connectivity index (χ1n) is 7.19. The molecule has 2 aromatic carbocycles. The lowest BCUT2D eigenvalue weighted by atomic mass is 9.88. The molecule has 0 saturated heterocycles. The summed E-state index contributed by atoms with van der Waals surface area (Å²) < 4.78 is 6.46. The van der Waals surface area contributed by atoms with Crippen molar-refractivity contribution in [2.75, 3.05) is 0 Å². The number of carbonyl (C=O) groups excluding carboxylic acids is 2. The van der Waals surface area contributed by atoms with Crippen molar-refractivity contribution in [3.8, 4) is 0 Å². The Morgan fingerprint density at radius 2 is 1.61 bits per heavy atom. The predicted octanol–water partition coefficient (Wildman–Crippen LogP) is 4.41. The molecule has 112 valence electrons. The number of hydrogen-bond donors (Lipinski definition) is 0. The van der Waals surface area contributed by atoms with Gasteiger partial charge in [-0.3, -0.25) is 9.59 Å². The third kappa shape index (κ3) is 2.35. The van der Waals surface area contributed by atoms with Crippen molar-refractivity contribution in [3.05, 3.63) is 92.8 Å². The molecular formula is C19H11BrO3. The zero-order chi connectivity index (χ0) is 16.0. The molecule has 3 nitrogen and oxygen atoms in total. The van der Waals surface area contributed by atoms with Gasteiger partial charge in [0.25, 0.3) is 0 Å². The molecule has 0 unspecified atom stereocenters. The van der Waals surface area contributed by atoms with E-state index in [-0.39, 0.29) is 17.3 Å². The minimum atomic E-state index is -0.241. The molecule has 0 amide bonds. The highest BCUT2D eigenvalue weighted by atomic mass is 79.9. The van der Waals surface area contributed by atoms with Crippen LogP contribution >= 0.6 is 15.9 Å². The zero-order valence-electron chi connectivity index (χ0n) is 12.0. The molecule has 1 aromatic heterocycles. The molecule has 23 heavy (non-hydrogen) atoms. The monoisotopic (exact) mass is 366 g/mol. The van der Waals surface area contributed by atoms with Crippen LogP contribution in [-0.2, 0) is 6.42 Å². The second kappa shape index (κ2) is 5.32. The van der Waals surface area contributed by atoms with Gasteiger partial charge < -0.3 is 4.42 Å². The van der Waals surface area contributed by atoms with Crippen LogP contribution in [-0.4, -0.2) is 11.6 Å². The Bertz CT molecular complexity index is 939. The molecule has 0 bridgehead atoms. The summed E-state index contributed by atoms with van der Waals surface area (Å²) >= 11 is 3.33. The second-order valence-corrected chi connectivity index (χ2v) is 6.38. The number of fused-ring (bicyclic) bond motifs is 2. The first kappa shape index (κ1) is 14.2. The van der Waals surface area contributed by atoms with Crippen molar-refractivity contribution in [1.29, 1.82) is 0 Å². The Balaban J connectivity index is 1.77. The number of ketones is 2. The largest absolute Gasteiger partial charge is 0.456 e. The van der Waals surface area contributed by atoms with Gasteiger partial charge >= 0.3 is 0 Å². The molecule has 0 saturated carbocycles. The number of rotatable bonds is 2. The highest BCUT2D eigenvalue weighted by molar-refractivity contribution is 9.10. The van der Waals surface area contributed by atoms with Crippen LogP contribution in [0, 0.1) is 0 Å². The number of carbonyl (C=O) groups is 2. The third-order valence-corrected chi connectivity index (χ3v) is 4.42. The fourth-order valence-electron chi connectivity index (χ4n) is 2.83. The Morgan fingerprint density at radius 1 is 0.826 bits per heavy atom. The van der Waals surface area contributed by atoms with Crippen molar-refractivity contribution < 1.29 is 14.0 Å². The lowest BCUT2D eigenvalue weighted by Gasteiger charge is -2.12. The van der Waals surface area contributed by atoms with Crippen LogP contribution in [0.15, 0.2) is 63.5 Å². The van der Waals surface area contributed by atoms with E-state index in [0.29, 0.717) is 28.9 Å². The topological polar surface area (TPSA) is 47.3 Å². The van der Waals surface area contributed by atoms with Gasteiger partial charge in [-0.2, -0.15) is 0 Å². The van der Waals surface area contributed by atoms with E-state index in [1.807, 2.05) is 30.3 Å². The van der Waals surface area contributed by atoms with Gasteiger partial charge in [0.1, 0.15) is 5.76 Å². The van der Waals surface area contributed by atoms with E-state index >= 15 is 0 Å². The lowest BCUT2D eigenvalue weighted by Crippen LogP contribution is -2.18. The van der Waals surface area contributed by atoms with E-state index in [1.165, 1.54) is 0 Å². The Morgan fingerprint density at radius 3 is 2.39 bits per heavy atom. The van der Waals surface area contributed by atoms with Gasteiger partial charge in [-0.15, -0.1) is 0 Å². The molecule has 0 spiro atoms. The summed E-state index contributed by atoms with van der Waals surface area (Å²) in [6.45, 7) is 0. The average Bonchev–Trinajstić information content (AvgIpc) is 2.98. The number of furan rings is 1. The van der Waals surface area contributed by atoms with E-state index in [2.05, 4.69) is 15.9 Å². The van der Waals surface area contributed by atoms with E-state index in [9.17, 15) is 9.59 Å². The van der Waals surface area contributed by atoms with Crippen LogP contribution in [0.4, 0.5) is 0 Å². The molecule has 0 fully saturated rings. The Kier molecular flexibility index (Phi) is 3.27. The van der Waals surface area contributed by atoms with Crippen molar-refractivity contribution in [1.82, 2.24) is 0 Å². The first-order chi connectivity index (χ1) is 11.1. The summed E-state index contributed by atoms with van der Waals surface area (Å²) in [5, 5.41) is 0. The fraction of sp³-hybridized carbons (Fsp3) is 0.0526. The molecule has 1 aliphatic rings. The SMILES string of the molecule is O=C1c2ccc(Br)cc2C(=O)c2oc(Cc3ccccc3)cc21. The van der Waals surface area contributed by atoms with Crippen LogP contribution in [0.25, 0.3) is 0 Å². The standard InChI is InChI=1S/C19H11BrO3/c20-12-6-7-14-15(9-12)18(22)19-16(17(14)21)10-13(23-19)8-11-4-2-1-3-5-11/h1-7,9-10H,8H2. The van der Waals surface area contributed by atoms with Gasteiger partial charge in [-0.05, 0) is 29.8 Å². The van der Waals surface area contributed by atoms with Crippen molar-refractivity contribution in [3.63, 3.8) is 0 Å². The quantitative estimate of drug-likeness (QED) is 0.527. The van der Waals surface area contributed by atoms with Crippen LogP contribution in [0.5, 0.6) is 0 Å². The molecule has 1 aliphatic carbocycles. The van der Waals surface area contributed by atoms with Crippen molar-refractivity contribution in [2.24, 2.45) is 0 Å². The minimum Gasteiger partial charge on any atom is -0.456 e. The molecule has 0 aliphatic heterocycles. The molecule has 0 atom stereocenters. The van der Waals surface area contributed by atoms with Gasteiger partial charge in [-0.1, -0.05) is 46.3 Å². The lowest BCUT2D eigenvalue weighted by molar-refractivity contribution is 0.0959. The van der Waals surface area contributed by atoms with Gasteiger partial charge in [0.2, 0.25) is 5.78 Å². The Hall–Kier alpha value is -2.46. The number of halogens is 1. The maximum atomic E-state index is 12.6. The van der Waals surface area contributed by atoms with Crippen LogP contribution < -0.4 is 0 Å². The maximum Gasteiger partial charge on any atom is 0.229 e. The van der Waals surface area contributed by atoms with E-state index in [1.54, 1.807) is 24.3 Å². The Labute approximate surface area is 141 Å². The minimum absolute atomic E-state index is 0.145. The second-order valence-electron chi connectivity index (χ2n) is 5.47. The molecule has 0 N–H and O–H groups in total. The van der Waals surface area contributed by atoms with Crippen LogP contribution in [0.2, 0.25) is 0 Å². The normalized spacial score (nSPS) is 12.9. The molecule has 3 aromatic rings. The highest BCUT2D eigenvalue weighted by Gasteiger charge is 2.33. The van der Waals surface area contributed by atoms with Gasteiger partial charge in [0.05, 0.1) is 5.56 Å². The van der Waals surface area contributed by atoms with Crippen LogP contribution in [0.3, 0.4) is 0 Å². The summed E-state index contributed by atoms with van der Waals surface area (Å²) in [5.74, 6) is 0.363. The number of hydrogen-bond acceptors (Lipinski definition) is 3. The smallest absolute Gasteiger partial charge is 0.229 e. The summed E-state index contributed by atoms with van der Waals surface area (Å²) in [5.41, 5.74) is 2.24. The summed E-state index contributed by atoms with van der Waals surface area (Å²) in [4.78, 5) is 25.2. The van der Waals surface area contributed by atoms with Crippen molar-refractivity contribution >= 4 is 27.5 Å². The third-order valence-electron chi connectivity index (χ3n) is 3.93. The first-order valence-corrected chi connectivity index (χ1v) is 7.98. The average molecular weight is 367 g/mol. The fourth-order valence-corrected chi connectivity index (χ4v) is 3.19. The van der Waals surface area contributed by atoms with Gasteiger partial charge in [0.15, 0.2) is 11.5 Å². The van der Waals surface area contributed by atoms with E-state index in [0.717, 1.165) is 10.0 Å². The highest BCUT2D eigenvalue weighted by Crippen LogP contribution is 2.31. The van der Waals surface area contributed by atoms with Crippen LogP contribution in [0.1, 0.15) is 43.4 Å². The zero-order valence-corrected chi connectivity index (χ0v) is 13.6. The van der Waals surface area contributed by atoms with E-state index < -0.39 is 0 Å². The number of benzene rings is 2. The summed E-state index contributed by atoms with van der Waals surface area (Å²) in [7, 11) is 0. The molecule has 4 heteroatoms.